The molecule has 2 atom stereocenters. The summed E-state index contributed by atoms with van der Waals surface area (Å²) >= 11 is 2.09. The molecule has 4 nitrogen and oxygen atoms in total. The van der Waals surface area contributed by atoms with Crippen molar-refractivity contribution in [3.63, 3.8) is 0 Å². The van der Waals surface area contributed by atoms with Gasteiger partial charge in [-0.05, 0) is 22.0 Å². The molecular weight excluding hydrogens is 250 g/mol. The molecule has 0 saturated heterocycles. The van der Waals surface area contributed by atoms with Crippen LogP contribution in [-0.4, -0.2) is 21.3 Å². The van der Waals surface area contributed by atoms with Crippen molar-refractivity contribution in [2.75, 3.05) is 11.5 Å². The van der Waals surface area contributed by atoms with Crippen LogP contribution in [0.2, 0.25) is 0 Å². The van der Waals surface area contributed by atoms with Crippen molar-refractivity contribution in [1.29, 1.82) is 0 Å². The fraction of sp³-hybridized carbons (Fsp3) is 1.00. The standard InChI is InChI=1S/C5H10O4P2S2/c6-10(7)12-4-2-1-3-5-13-11(8)9/h1-5H2/p+2. The summed E-state index contributed by atoms with van der Waals surface area (Å²) < 4.78 is 20.4. The zero-order valence-corrected chi connectivity index (χ0v) is 10.4. The molecule has 0 aromatic rings. The first-order valence-corrected chi connectivity index (χ1v) is 9.31. The highest BCUT2D eigenvalue weighted by Gasteiger charge is 2.13. The van der Waals surface area contributed by atoms with E-state index in [4.69, 9.17) is 9.79 Å². The highest BCUT2D eigenvalue weighted by atomic mass is 32.7. The largest absolute Gasteiger partial charge is 0.582 e. The molecule has 0 aliphatic carbocycles. The van der Waals surface area contributed by atoms with E-state index in [-0.39, 0.29) is 0 Å². The van der Waals surface area contributed by atoms with Crippen molar-refractivity contribution in [3.8, 4) is 0 Å². The number of hydrogen-bond donors (Lipinski definition) is 2. The first kappa shape index (κ1) is 13.8. The highest BCUT2D eigenvalue weighted by molar-refractivity contribution is 8.50. The van der Waals surface area contributed by atoms with Crippen LogP contribution < -0.4 is 0 Å². The molecular formula is C5H12O4P2S2+2. The van der Waals surface area contributed by atoms with E-state index >= 15 is 0 Å². The van der Waals surface area contributed by atoms with E-state index in [9.17, 15) is 9.13 Å². The molecule has 0 saturated carbocycles. The van der Waals surface area contributed by atoms with Crippen molar-refractivity contribution < 1.29 is 18.9 Å². The Morgan fingerprint density at radius 3 is 1.54 bits per heavy atom. The third-order valence-corrected chi connectivity index (χ3v) is 5.00. The lowest BCUT2D eigenvalue weighted by atomic mass is 10.3. The molecule has 0 spiro atoms. The molecule has 0 aliphatic rings. The topological polar surface area (TPSA) is 74.6 Å². The van der Waals surface area contributed by atoms with Gasteiger partial charge in [0, 0.05) is 11.5 Å². The van der Waals surface area contributed by atoms with Gasteiger partial charge in [0.25, 0.3) is 0 Å². The van der Waals surface area contributed by atoms with Crippen LogP contribution in [0.25, 0.3) is 0 Å². The summed E-state index contributed by atoms with van der Waals surface area (Å²) in [6.45, 7) is 0. The smallest absolute Gasteiger partial charge is 0.151 e. The molecule has 76 valence electrons. The maximum absolute atomic E-state index is 10.2. The molecule has 8 heteroatoms. The zero-order valence-electron chi connectivity index (χ0n) is 6.96. The van der Waals surface area contributed by atoms with Crippen LogP contribution in [0.1, 0.15) is 19.3 Å². The van der Waals surface area contributed by atoms with Crippen LogP contribution >= 0.6 is 37.2 Å². The van der Waals surface area contributed by atoms with Gasteiger partial charge in [0.1, 0.15) is 0 Å². The fourth-order valence-corrected chi connectivity index (χ4v) is 3.36. The van der Waals surface area contributed by atoms with Crippen molar-refractivity contribution in [3.05, 3.63) is 0 Å². The van der Waals surface area contributed by atoms with E-state index in [1.807, 2.05) is 0 Å². The van der Waals surface area contributed by atoms with Crippen LogP contribution in [0, 0.1) is 0 Å². The highest BCUT2D eigenvalue weighted by Crippen LogP contribution is 2.35. The minimum absolute atomic E-state index is 0.682. The molecule has 13 heavy (non-hydrogen) atoms. The Labute approximate surface area is 87.1 Å². The molecule has 2 unspecified atom stereocenters. The second-order valence-corrected chi connectivity index (χ2v) is 7.91. The van der Waals surface area contributed by atoms with Crippen LogP contribution in [0.5, 0.6) is 0 Å². The van der Waals surface area contributed by atoms with Crippen molar-refractivity contribution in [2.45, 2.75) is 19.3 Å². The summed E-state index contributed by atoms with van der Waals surface area (Å²) in [5.74, 6) is 1.36. The molecule has 2 N–H and O–H groups in total. The van der Waals surface area contributed by atoms with Crippen LogP contribution in [0.15, 0.2) is 0 Å². The number of rotatable bonds is 8. The summed E-state index contributed by atoms with van der Waals surface area (Å²) in [5.41, 5.74) is 0. The predicted octanol–water partition coefficient (Wildman–Crippen LogP) is 2.92. The fourth-order valence-electron chi connectivity index (χ4n) is 0.666. The second-order valence-electron chi connectivity index (χ2n) is 2.20. The summed E-state index contributed by atoms with van der Waals surface area (Å²) in [5, 5.41) is 0. The normalized spacial score (nSPS) is 12.8. The minimum atomic E-state index is -2.06. The molecule has 0 radical (unpaired) electrons. The number of unbranched alkanes of at least 4 members (excludes halogenated alkanes) is 2. The van der Waals surface area contributed by atoms with Gasteiger partial charge in [-0.25, -0.2) is 0 Å². The molecule has 0 aliphatic heterocycles. The van der Waals surface area contributed by atoms with Gasteiger partial charge in [0.05, 0.1) is 0 Å². The van der Waals surface area contributed by atoms with Gasteiger partial charge in [-0.15, -0.1) is 0 Å². The van der Waals surface area contributed by atoms with Gasteiger partial charge < -0.3 is 0 Å². The zero-order chi connectivity index (χ0) is 10.1. The third kappa shape index (κ3) is 12.8. The molecule has 0 heterocycles. The average Bonchev–Trinajstić information content (AvgIpc) is 2.01. The molecule has 0 amide bonds. The maximum Gasteiger partial charge on any atom is 0.582 e. The predicted molar refractivity (Wildman–Crippen MR) is 58.4 cm³/mol. The summed E-state index contributed by atoms with van der Waals surface area (Å²) in [4.78, 5) is 16.8. The first-order chi connectivity index (χ1) is 6.13. The van der Waals surface area contributed by atoms with Crippen molar-refractivity contribution >= 4 is 37.2 Å². The lowest BCUT2D eigenvalue weighted by Crippen LogP contribution is -1.81. The van der Waals surface area contributed by atoms with E-state index in [0.29, 0.717) is 11.5 Å². The van der Waals surface area contributed by atoms with Crippen molar-refractivity contribution in [2.24, 2.45) is 0 Å². The summed E-state index contributed by atoms with van der Waals surface area (Å²) in [6, 6.07) is 0. The van der Waals surface area contributed by atoms with Gasteiger partial charge in [-0.2, -0.15) is 9.79 Å². The lowest BCUT2D eigenvalue weighted by Gasteiger charge is -1.91. The maximum atomic E-state index is 10.2. The Balaban J connectivity index is 3.00. The Kier molecular flexibility index (Phi) is 9.97. The lowest BCUT2D eigenvalue weighted by molar-refractivity contribution is 0.518. The Bertz CT molecular complexity index is 160. The van der Waals surface area contributed by atoms with Crippen LogP contribution in [0.4, 0.5) is 0 Å². The van der Waals surface area contributed by atoms with Gasteiger partial charge in [0.15, 0.2) is 22.8 Å². The van der Waals surface area contributed by atoms with E-state index in [1.165, 1.54) is 0 Å². The molecule has 0 fully saturated rings. The van der Waals surface area contributed by atoms with Crippen LogP contribution in [0.3, 0.4) is 0 Å². The van der Waals surface area contributed by atoms with E-state index in [2.05, 4.69) is 0 Å². The summed E-state index contributed by atoms with van der Waals surface area (Å²) in [7, 11) is -4.12. The first-order valence-electron chi connectivity index (χ1n) is 3.71. The number of hydrogen-bond acceptors (Lipinski definition) is 4. The van der Waals surface area contributed by atoms with Gasteiger partial charge in [0.2, 0.25) is 0 Å². The monoisotopic (exact) mass is 262 g/mol. The Morgan fingerprint density at radius 1 is 0.846 bits per heavy atom. The van der Waals surface area contributed by atoms with Crippen LogP contribution in [-0.2, 0) is 9.13 Å². The molecule has 0 bridgehead atoms. The molecule has 0 aromatic carbocycles. The SMILES string of the molecule is O=[P+](O)SCCCCCS[P+](=O)O. The summed E-state index contributed by atoms with van der Waals surface area (Å²) in [6.07, 6.45) is 2.70. The average molecular weight is 262 g/mol. The van der Waals surface area contributed by atoms with Gasteiger partial charge in [-0.1, -0.05) is 6.42 Å². The Morgan fingerprint density at radius 2 is 1.23 bits per heavy atom. The van der Waals surface area contributed by atoms with E-state index in [0.717, 1.165) is 42.0 Å². The third-order valence-electron chi connectivity index (χ3n) is 1.19. The van der Waals surface area contributed by atoms with Crippen molar-refractivity contribution in [1.82, 2.24) is 0 Å². The molecule has 0 rings (SSSR count). The van der Waals surface area contributed by atoms with Gasteiger partial charge >= 0.3 is 14.5 Å². The second kappa shape index (κ2) is 9.38. The quantitative estimate of drug-likeness (QED) is 0.517. The van der Waals surface area contributed by atoms with Gasteiger partial charge in [-0.3, -0.25) is 0 Å². The van der Waals surface area contributed by atoms with E-state index in [1.54, 1.807) is 0 Å². The molecule has 0 aromatic heterocycles. The minimum Gasteiger partial charge on any atom is -0.151 e. The Hall–Kier alpha value is 0.820. The van der Waals surface area contributed by atoms with E-state index < -0.39 is 14.5 Å².